The van der Waals surface area contributed by atoms with Gasteiger partial charge >= 0.3 is 0 Å². The molecule has 21 heavy (non-hydrogen) atoms. The van der Waals surface area contributed by atoms with E-state index >= 15 is 0 Å². The van der Waals surface area contributed by atoms with Crippen LogP contribution in [0.2, 0.25) is 0 Å². The van der Waals surface area contributed by atoms with Crippen molar-refractivity contribution in [2.45, 2.75) is 52.2 Å². The van der Waals surface area contributed by atoms with Crippen molar-refractivity contribution in [3.63, 3.8) is 0 Å². The highest BCUT2D eigenvalue weighted by Gasteiger charge is 2.64. The molecule has 122 valence electrons. The molecule has 2 aliphatic rings. The molecule has 0 aromatic rings. The van der Waals surface area contributed by atoms with Crippen molar-refractivity contribution in [3.05, 3.63) is 0 Å². The molecule has 1 aliphatic carbocycles. The monoisotopic (exact) mass is 298 g/mol. The number of likely N-dealkylation sites (tertiary alicyclic amines) is 1. The van der Waals surface area contributed by atoms with E-state index in [1.165, 1.54) is 0 Å². The second-order valence-electron chi connectivity index (χ2n) is 6.91. The highest BCUT2D eigenvalue weighted by Crippen LogP contribution is 2.50. The summed E-state index contributed by atoms with van der Waals surface area (Å²) < 4.78 is 11.2. The van der Waals surface area contributed by atoms with Gasteiger partial charge in [0, 0.05) is 44.1 Å². The van der Waals surface area contributed by atoms with E-state index in [4.69, 9.17) is 15.2 Å². The fourth-order valence-electron chi connectivity index (χ4n) is 3.52. The third-order valence-corrected chi connectivity index (χ3v) is 5.34. The summed E-state index contributed by atoms with van der Waals surface area (Å²) in [5.41, 5.74) is 5.38. The van der Waals surface area contributed by atoms with Gasteiger partial charge < -0.3 is 20.1 Å². The minimum Gasteiger partial charge on any atom is -0.381 e. The predicted molar refractivity (Wildman–Crippen MR) is 81.9 cm³/mol. The molecule has 2 rings (SSSR count). The normalized spacial score (nSPS) is 34.8. The number of hydrogen-bond acceptors (Lipinski definition) is 4. The predicted octanol–water partition coefficient (Wildman–Crippen LogP) is 1.40. The Morgan fingerprint density at radius 1 is 1.33 bits per heavy atom. The van der Waals surface area contributed by atoms with E-state index in [1.54, 1.807) is 0 Å². The number of amides is 1. The summed E-state index contributed by atoms with van der Waals surface area (Å²) in [6.45, 7) is 11.8. The maximum Gasteiger partial charge on any atom is 0.243 e. The van der Waals surface area contributed by atoms with E-state index in [1.807, 2.05) is 32.6 Å². The summed E-state index contributed by atoms with van der Waals surface area (Å²) in [6.07, 6.45) is 1.72. The average Bonchev–Trinajstić information content (AvgIpc) is 2.92. The van der Waals surface area contributed by atoms with Crippen LogP contribution in [-0.2, 0) is 14.3 Å². The molecule has 1 aliphatic heterocycles. The fraction of sp³-hybridized carbons (Fsp3) is 0.938. The molecule has 0 aromatic carbocycles. The van der Waals surface area contributed by atoms with Crippen molar-refractivity contribution >= 4 is 5.91 Å². The van der Waals surface area contributed by atoms with Crippen LogP contribution in [0.1, 0.15) is 40.5 Å². The maximum atomic E-state index is 12.8. The molecule has 3 atom stereocenters. The molecular formula is C16H30N2O3. The summed E-state index contributed by atoms with van der Waals surface area (Å²) in [5, 5.41) is 0. The van der Waals surface area contributed by atoms with Crippen LogP contribution in [0.25, 0.3) is 0 Å². The van der Waals surface area contributed by atoms with E-state index in [2.05, 4.69) is 0 Å². The second kappa shape index (κ2) is 6.23. The van der Waals surface area contributed by atoms with Gasteiger partial charge in [0.2, 0.25) is 5.91 Å². The lowest BCUT2D eigenvalue weighted by atomic mass is 9.54. The number of rotatable bonds is 6. The maximum absolute atomic E-state index is 12.8. The van der Waals surface area contributed by atoms with E-state index in [9.17, 15) is 4.79 Å². The van der Waals surface area contributed by atoms with Crippen LogP contribution in [0.4, 0.5) is 0 Å². The number of nitrogens with two attached hydrogens (primary N) is 1. The van der Waals surface area contributed by atoms with Crippen LogP contribution in [0, 0.1) is 11.3 Å². The first-order chi connectivity index (χ1) is 9.86. The van der Waals surface area contributed by atoms with Gasteiger partial charge in [-0.05, 0) is 20.3 Å². The van der Waals surface area contributed by atoms with Crippen molar-refractivity contribution < 1.29 is 14.3 Å². The third-order valence-electron chi connectivity index (χ3n) is 5.34. The Labute approximate surface area is 128 Å². The lowest BCUT2D eigenvalue weighted by Crippen LogP contribution is -2.75. The van der Waals surface area contributed by atoms with Crippen molar-refractivity contribution in [2.24, 2.45) is 17.1 Å². The molecule has 5 nitrogen and oxygen atoms in total. The Hall–Kier alpha value is -0.650. The van der Waals surface area contributed by atoms with Crippen molar-refractivity contribution in [1.82, 2.24) is 4.90 Å². The van der Waals surface area contributed by atoms with E-state index in [0.29, 0.717) is 18.9 Å². The number of ether oxygens (including phenoxy) is 2. The van der Waals surface area contributed by atoms with E-state index in [-0.39, 0.29) is 17.4 Å². The van der Waals surface area contributed by atoms with Gasteiger partial charge in [-0.15, -0.1) is 0 Å². The molecule has 1 saturated heterocycles. The molecule has 5 heteroatoms. The van der Waals surface area contributed by atoms with Crippen LogP contribution < -0.4 is 5.73 Å². The molecule has 0 bridgehead atoms. The zero-order valence-corrected chi connectivity index (χ0v) is 13.9. The topological polar surface area (TPSA) is 64.8 Å². The van der Waals surface area contributed by atoms with Crippen LogP contribution >= 0.6 is 0 Å². The van der Waals surface area contributed by atoms with E-state index < -0.39 is 5.54 Å². The molecule has 1 saturated carbocycles. The first-order valence-corrected chi connectivity index (χ1v) is 8.14. The number of carbonyl (C=O) groups excluding carboxylic acids is 1. The highest BCUT2D eigenvalue weighted by molar-refractivity contribution is 5.89. The van der Waals surface area contributed by atoms with Gasteiger partial charge in [-0.2, -0.15) is 0 Å². The van der Waals surface area contributed by atoms with E-state index in [0.717, 1.165) is 32.7 Å². The highest BCUT2D eigenvalue weighted by atomic mass is 16.5. The molecule has 0 aromatic heterocycles. The zero-order valence-electron chi connectivity index (χ0n) is 13.9. The molecule has 1 amide bonds. The Morgan fingerprint density at radius 3 is 2.62 bits per heavy atom. The van der Waals surface area contributed by atoms with Gasteiger partial charge in [-0.1, -0.05) is 13.8 Å². The minimum absolute atomic E-state index is 0.0817. The van der Waals surface area contributed by atoms with Gasteiger partial charge in [0.15, 0.2) is 0 Å². The summed E-state index contributed by atoms with van der Waals surface area (Å²) in [4.78, 5) is 14.8. The van der Waals surface area contributed by atoms with Crippen LogP contribution in [0.5, 0.6) is 0 Å². The Kier molecular flexibility index (Phi) is 4.96. The minimum atomic E-state index is -0.784. The van der Waals surface area contributed by atoms with Crippen molar-refractivity contribution in [2.75, 3.05) is 32.9 Å². The molecule has 0 spiro atoms. The smallest absolute Gasteiger partial charge is 0.243 e. The molecule has 2 N–H and O–H groups in total. The first kappa shape index (κ1) is 16.7. The summed E-state index contributed by atoms with van der Waals surface area (Å²) in [5.74, 6) is 0.533. The number of nitrogens with zero attached hydrogens (tertiary/aromatic N) is 1. The Balaban J connectivity index is 1.95. The van der Waals surface area contributed by atoms with Crippen LogP contribution in [0.15, 0.2) is 0 Å². The van der Waals surface area contributed by atoms with Gasteiger partial charge in [-0.25, -0.2) is 0 Å². The SMILES string of the molecule is CCOCC1CCN(C(=O)C2(N)CC(OCC)C2(C)C)C1. The lowest BCUT2D eigenvalue weighted by Gasteiger charge is -2.58. The third kappa shape index (κ3) is 2.83. The van der Waals surface area contributed by atoms with Crippen LogP contribution in [-0.4, -0.2) is 55.4 Å². The fourth-order valence-corrected chi connectivity index (χ4v) is 3.52. The molecule has 3 unspecified atom stereocenters. The Morgan fingerprint density at radius 2 is 2.05 bits per heavy atom. The summed E-state index contributed by atoms with van der Waals surface area (Å²) >= 11 is 0. The Bertz CT molecular complexity index is 386. The molecular weight excluding hydrogens is 268 g/mol. The lowest BCUT2D eigenvalue weighted by molar-refractivity contribution is -0.178. The second-order valence-corrected chi connectivity index (χ2v) is 6.91. The summed E-state index contributed by atoms with van der Waals surface area (Å²) in [6, 6.07) is 0. The van der Waals surface area contributed by atoms with Crippen molar-refractivity contribution in [3.8, 4) is 0 Å². The summed E-state index contributed by atoms with van der Waals surface area (Å²) in [7, 11) is 0. The molecule has 0 radical (unpaired) electrons. The van der Waals surface area contributed by atoms with Crippen LogP contribution in [0.3, 0.4) is 0 Å². The average molecular weight is 298 g/mol. The molecule has 2 fully saturated rings. The standard InChI is InChI=1S/C16H30N2O3/c1-5-20-11-12-7-8-18(10-12)14(19)16(17)9-13(21-6-2)15(16,3)4/h12-13H,5-11,17H2,1-4H3. The molecule has 1 heterocycles. The van der Waals surface area contributed by atoms with Crippen molar-refractivity contribution in [1.29, 1.82) is 0 Å². The first-order valence-electron chi connectivity index (χ1n) is 8.14. The van der Waals surface area contributed by atoms with Gasteiger partial charge in [-0.3, -0.25) is 4.79 Å². The largest absolute Gasteiger partial charge is 0.381 e. The van der Waals surface area contributed by atoms with Gasteiger partial charge in [0.25, 0.3) is 0 Å². The zero-order chi connectivity index (χ0) is 15.7. The number of carbonyl (C=O) groups is 1. The quantitative estimate of drug-likeness (QED) is 0.805. The van der Waals surface area contributed by atoms with Gasteiger partial charge in [0.05, 0.1) is 12.7 Å². The number of hydrogen-bond donors (Lipinski definition) is 1. The van der Waals surface area contributed by atoms with Gasteiger partial charge in [0.1, 0.15) is 5.54 Å².